The normalized spacial score (nSPS) is 12.6. The molecule has 0 saturated heterocycles. The number of rotatable bonds is 4. The molecule has 0 saturated carbocycles. The summed E-state index contributed by atoms with van der Waals surface area (Å²) in [5.41, 5.74) is 9.52. The van der Waals surface area contributed by atoms with E-state index in [9.17, 15) is 0 Å². The second-order valence-electron chi connectivity index (χ2n) is 4.21. The average Bonchev–Trinajstić information content (AvgIpc) is 2.72. The Labute approximate surface area is 101 Å². The van der Waals surface area contributed by atoms with Gasteiger partial charge in [-0.2, -0.15) is 5.10 Å². The van der Waals surface area contributed by atoms with Crippen molar-refractivity contribution < 1.29 is 0 Å². The number of aryl methyl sites for hydroxylation is 2. The van der Waals surface area contributed by atoms with Crippen molar-refractivity contribution >= 4 is 0 Å². The third-order valence-electron chi connectivity index (χ3n) is 2.89. The Kier molecular flexibility index (Phi) is 3.54. The van der Waals surface area contributed by atoms with E-state index in [1.807, 2.05) is 30.1 Å². The molecule has 2 aromatic heterocycles. The van der Waals surface area contributed by atoms with Gasteiger partial charge in [-0.1, -0.05) is 13.0 Å². The van der Waals surface area contributed by atoms with Gasteiger partial charge in [0.2, 0.25) is 0 Å². The van der Waals surface area contributed by atoms with Crippen LogP contribution < -0.4 is 5.73 Å². The second-order valence-corrected chi connectivity index (χ2v) is 4.21. The van der Waals surface area contributed by atoms with Crippen LogP contribution in [-0.4, -0.2) is 14.8 Å². The summed E-state index contributed by atoms with van der Waals surface area (Å²) in [6.45, 7) is 2.10. The predicted octanol–water partition coefficient (Wildman–Crippen LogP) is 1.62. The van der Waals surface area contributed by atoms with E-state index in [1.165, 1.54) is 0 Å². The zero-order valence-electron chi connectivity index (χ0n) is 10.3. The lowest BCUT2D eigenvalue weighted by Crippen LogP contribution is -2.17. The summed E-state index contributed by atoms with van der Waals surface area (Å²) in [6, 6.07) is 6.03. The molecule has 0 radical (unpaired) electrons. The van der Waals surface area contributed by atoms with Crippen LogP contribution in [0.4, 0.5) is 0 Å². The first-order valence-electron chi connectivity index (χ1n) is 5.88. The first-order valence-corrected chi connectivity index (χ1v) is 5.88. The Morgan fingerprint density at radius 2 is 2.29 bits per heavy atom. The maximum Gasteiger partial charge on any atom is 0.0625 e. The maximum absolute atomic E-state index is 6.21. The molecule has 0 aliphatic carbocycles. The molecule has 0 aliphatic rings. The van der Waals surface area contributed by atoms with E-state index in [2.05, 4.69) is 23.1 Å². The fourth-order valence-corrected chi connectivity index (χ4v) is 1.94. The topological polar surface area (TPSA) is 56.7 Å². The van der Waals surface area contributed by atoms with Gasteiger partial charge in [-0.05, 0) is 30.5 Å². The van der Waals surface area contributed by atoms with Crippen LogP contribution in [-0.2, 0) is 19.9 Å². The Morgan fingerprint density at radius 3 is 2.88 bits per heavy atom. The molecule has 0 aliphatic heterocycles. The number of nitrogens with zero attached hydrogens (tertiary/aromatic N) is 3. The van der Waals surface area contributed by atoms with Crippen molar-refractivity contribution in [2.24, 2.45) is 12.8 Å². The fraction of sp³-hybridized carbons (Fsp3) is 0.385. The van der Waals surface area contributed by atoms with Gasteiger partial charge in [-0.3, -0.25) is 9.67 Å². The lowest BCUT2D eigenvalue weighted by molar-refractivity contribution is 0.613. The van der Waals surface area contributed by atoms with Crippen LogP contribution in [0.25, 0.3) is 0 Å². The van der Waals surface area contributed by atoms with Gasteiger partial charge < -0.3 is 5.73 Å². The number of aromatic nitrogens is 3. The highest BCUT2D eigenvalue weighted by atomic mass is 15.3. The van der Waals surface area contributed by atoms with Gasteiger partial charge in [-0.15, -0.1) is 0 Å². The number of nitrogens with two attached hydrogens (primary N) is 1. The molecule has 0 amide bonds. The van der Waals surface area contributed by atoms with Gasteiger partial charge in [0.25, 0.3) is 0 Å². The third kappa shape index (κ3) is 2.71. The van der Waals surface area contributed by atoms with Crippen LogP contribution in [0.5, 0.6) is 0 Å². The minimum Gasteiger partial charge on any atom is -0.322 e. The molecule has 90 valence electrons. The third-order valence-corrected chi connectivity index (χ3v) is 2.89. The molecule has 2 rings (SSSR count). The molecule has 0 spiro atoms. The molecule has 2 N–H and O–H groups in total. The van der Waals surface area contributed by atoms with Crippen LogP contribution in [0, 0.1) is 0 Å². The zero-order chi connectivity index (χ0) is 12.3. The lowest BCUT2D eigenvalue weighted by Gasteiger charge is -2.11. The summed E-state index contributed by atoms with van der Waals surface area (Å²) in [5, 5.41) is 4.41. The van der Waals surface area contributed by atoms with E-state index in [1.54, 1.807) is 6.20 Å². The minimum absolute atomic E-state index is 0.0306. The molecule has 2 aromatic rings. The summed E-state index contributed by atoms with van der Waals surface area (Å²) < 4.78 is 1.87. The Hall–Kier alpha value is -1.68. The van der Waals surface area contributed by atoms with Crippen LogP contribution >= 0.6 is 0 Å². The molecule has 17 heavy (non-hydrogen) atoms. The fourth-order valence-electron chi connectivity index (χ4n) is 1.94. The van der Waals surface area contributed by atoms with Crippen molar-refractivity contribution in [3.8, 4) is 0 Å². The summed E-state index contributed by atoms with van der Waals surface area (Å²) in [4.78, 5) is 4.10. The van der Waals surface area contributed by atoms with Gasteiger partial charge in [0.05, 0.1) is 17.4 Å². The highest BCUT2D eigenvalue weighted by Crippen LogP contribution is 2.16. The molecule has 4 heteroatoms. The molecule has 0 fully saturated rings. The molecular formula is C13H18N4. The van der Waals surface area contributed by atoms with E-state index < -0.39 is 0 Å². The van der Waals surface area contributed by atoms with E-state index in [4.69, 9.17) is 5.73 Å². The Balaban J connectivity index is 2.14. The van der Waals surface area contributed by atoms with Gasteiger partial charge in [0, 0.05) is 19.4 Å². The van der Waals surface area contributed by atoms with Gasteiger partial charge in [0.15, 0.2) is 0 Å². The predicted molar refractivity (Wildman–Crippen MR) is 67.5 cm³/mol. The van der Waals surface area contributed by atoms with Crippen molar-refractivity contribution in [2.75, 3.05) is 0 Å². The Morgan fingerprint density at radius 1 is 1.47 bits per heavy atom. The molecule has 4 nitrogen and oxygen atoms in total. The molecule has 2 heterocycles. The average molecular weight is 230 g/mol. The van der Waals surface area contributed by atoms with Gasteiger partial charge in [-0.25, -0.2) is 0 Å². The van der Waals surface area contributed by atoms with E-state index in [-0.39, 0.29) is 6.04 Å². The van der Waals surface area contributed by atoms with Crippen LogP contribution in [0.15, 0.2) is 30.6 Å². The van der Waals surface area contributed by atoms with Crippen LogP contribution in [0.3, 0.4) is 0 Å². The lowest BCUT2D eigenvalue weighted by atomic mass is 10.1. The highest BCUT2D eigenvalue weighted by Gasteiger charge is 2.12. The van der Waals surface area contributed by atoms with Crippen molar-refractivity contribution in [1.82, 2.24) is 14.8 Å². The molecule has 1 atom stereocenters. The SMILES string of the molecule is CCc1cc(C(N)Cc2cccnc2)n(C)n1. The molecule has 0 aromatic carbocycles. The first-order chi connectivity index (χ1) is 8.20. The minimum atomic E-state index is -0.0306. The van der Waals surface area contributed by atoms with Crippen LogP contribution in [0.2, 0.25) is 0 Å². The number of hydrogen-bond donors (Lipinski definition) is 1. The second kappa shape index (κ2) is 5.10. The summed E-state index contributed by atoms with van der Waals surface area (Å²) >= 11 is 0. The van der Waals surface area contributed by atoms with Crippen molar-refractivity contribution in [2.45, 2.75) is 25.8 Å². The quantitative estimate of drug-likeness (QED) is 0.868. The van der Waals surface area contributed by atoms with Crippen molar-refractivity contribution in [1.29, 1.82) is 0 Å². The van der Waals surface area contributed by atoms with Gasteiger partial charge in [0.1, 0.15) is 0 Å². The van der Waals surface area contributed by atoms with Crippen LogP contribution in [0.1, 0.15) is 29.9 Å². The number of hydrogen-bond acceptors (Lipinski definition) is 3. The Bertz CT molecular complexity index is 475. The summed E-state index contributed by atoms with van der Waals surface area (Å²) in [5.74, 6) is 0. The molecule has 0 bridgehead atoms. The van der Waals surface area contributed by atoms with E-state index in [0.717, 1.165) is 29.8 Å². The largest absolute Gasteiger partial charge is 0.322 e. The van der Waals surface area contributed by atoms with Crippen molar-refractivity contribution in [3.63, 3.8) is 0 Å². The van der Waals surface area contributed by atoms with Gasteiger partial charge >= 0.3 is 0 Å². The smallest absolute Gasteiger partial charge is 0.0625 e. The summed E-state index contributed by atoms with van der Waals surface area (Å²) in [7, 11) is 1.94. The maximum atomic E-state index is 6.21. The monoisotopic (exact) mass is 230 g/mol. The van der Waals surface area contributed by atoms with E-state index in [0.29, 0.717) is 0 Å². The molecule has 1 unspecified atom stereocenters. The zero-order valence-corrected chi connectivity index (χ0v) is 10.3. The van der Waals surface area contributed by atoms with E-state index >= 15 is 0 Å². The molecular weight excluding hydrogens is 212 g/mol. The van der Waals surface area contributed by atoms with Crippen molar-refractivity contribution in [3.05, 3.63) is 47.5 Å². The number of pyridine rings is 1. The summed E-state index contributed by atoms with van der Waals surface area (Å²) in [6.07, 6.45) is 5.36. The highest BCUT2D eigenvalue weighted by molar-refractivity contribution is 5.18. The first kappa shape index (κ1) is 11.8. The standard InChI is InChI=1S/C13H18N4/c1-3-11-8-13(17(2)16-11)12(14)7-10-5-4-6-15-9-10/h4-6,8-9,12H,3,7,14H2,1-2H3.